The van der Waals surface area contributed by atoms with Crippen molar-refractivity contribution in [1.29, 1.82) is 0 Å². The highest BCUT2D eigenvalue weighted by molar-refractivity contribution is 5.92. The van der Waals surface area contributed by atoms with Gasteiger partial charge >= 0.3 is 11.9 Å². The van der Waals surface area contributed by atoms with Crippen LogP contribution in [0.4, 0.5) is 0 Å². The summed E-state index contributed by atoms with van der Waals surface area (Å²) in [4.78, 5) is 25.6. The zero-order chi connectivity index (χ0) is 35.9. The molecule has 0 aliphatic carbocycles. The lowest BCUT2D eigenvalue weighted by atomic mass is 9.84. The molecule has 0 aromatic heterocycles. The van der Waals surface area contributed by atoms with Gasteiger partial charge in [-0.3, -0.25) is 0 Å². The summed E-state index contributed by atoms with van der Waals surface area (Å²) in [7, 11) is 0. The molecule has 0 radical (unpaired) electrons. The average molecular weight is 705 g/mol. The van der Waals surface area contributed by atoms with Crippen molar-refractivity contribution in [2.75, 3.05) is 66.1 Å². The van der Waals surface area contributed by atoms with E-state index in [1.54, 1.807) is 73.7 Å². The van der Waals surface area contributed by atoms with Crippen LogP contribution in [0, 0.1) is 17.8 Å². The van der Waals surface area contributed by atoms with E-state index in [1.165, 1.54) is 0 Å². The summed E-state index contributed by atoms with van der Waals surface area (Å²) in [5, 5.41) is 0. The molecule has 0 spiro atoms. The van der Waals surface area contributed by atoms with E-state index >= 15 is 0 Å². The molecule has 5 rings (SSSR count). The van der Waals surface area contributed by atoms with Gasteiger partial charge in [0.05, 0.1) is 64.0 Å². The molecule has 2 aliphatic heterocycles. The van der Waals surface area contributed by atoms with Crippen molar-refractivity contribution in [3.63, 3.8) is 0 Å². The van der Waals surface area contributed by atoms with Gasteiger partial charge in [-0.2, -0.15) is 0 Å². The second kappa shape index (κ2) is 19.0. The van der Waals surface area contributed by atoms with Gasteiger partial charge in [-0.05, 0) is 118 Å². The van der Waals surface area contributed by atoms with Crippen molar-refractivity contribution in [3.05, 3.63) is 83.4 Å². The van der Waals surface area contributed by atoms with E-state index in [2.05, 4.69) is 13.8 Å². The number of carbonyl (C=O) groups is 2. The smallest absolute Gasteiger partial charge is 0.343 e. The molecule has 10 nitrogen and oxygen atoms in total. The summed E-state index contributed by atoms with van der Waals surface area (Å²) < 4.78 is 45.2. The second-order valence-corrected chi connectivity index (χ2v) is 13.7. The number of ether oxygens (including phenoxy) is 8. The first-order chi connectivity index (χ1) is 24.8. The van der Waals surface area contributed by atoms with E-state index in [0.717, 1.165) is 78.2 Å². The van der Waals surface area contributed by atoms with E-state index < -0.39 is 11.9 Å². The van der Waals surface area contributed by atoms with E-state index in [0.29, 0.717) is 66.1 Å². The second-order valence-electron chi connectivity index (χ2n) is 13.7. The Morgan fingerprint density at radius 1 is 0.588 bits per heavy atom. The van der Waals surface area contributed by atoms with Gasteiger partial charge in [0.1, 0.15) is 23.0 Å². The number of hydrogen-bond acceptors (Lipinski definition) is 10. The van der Waals surface area contributed by atoms with Crippen LogP contribution < -0.4 is 18.9 Å². The van der Waals surface area contributed by atoms with Crippen molar-refractivity contribution in [2.24, 2.45) is 10.8 Å². The van der Waals surface area contributed by atoms with E-state index in [4.69, 9.17) is 37.9 Å². The minimum atomic E-state index is -0.496. The fourth-order valence-electron chi connectivity index (χ4n) is 5.63. The first-order valence-electron chi connectivity index (χ1n) is 18.1. The Hall–Kier alpha value is -3.96. The number of carbonyl (C=O) groups excluding carboxylic acids is 2. The van der Waals surface area contributed by atoms with E-state index in [1.807, 2.05) is 0 Å². The molecule has 0 N–H and O–H groups in total. The lowest BCUT2D eigenvalue weighted by Gasteiger charge is -2.40. The van der Waals surface area contributed by atoms with Crippen molar-refractivity contribution in [2.45, 2.75) is 59.3 Å². The molecule has 2 fully saturated rings. The van der Waals surface area contributed by atoms with E-state index in [-0.39, 0.29) is 10.8 Å². The fourth-order valence-corrected chi connectivity index (χ4v) is 5.63. The molecule has 2 heterocycles. The summed E-state index contributed by atoms with van der Waals surface area (Å²) in [6, 6.07) is 18.6. The highest BCUT2D eigenvalue weighted by Gasteiger charge is 2.37. The van der Waals surface area contributed by atoms with Gasteiger partial charge in [0, 0.05) is 24.0 Å². The Bertz CT molecular complexity index is 1520. The van der Waals surface area contributed by atoms with Crippen LogP contribution in [0.1, 0.15) is 78.7 Å². The number of hydrogen-bond donors (Lipinski definition) is 0. The highest BCUT2D eigenvalue weighted by atomic mass is 16.5. The van der Waals surface area contributed by atoms with Gasteiger partial charge in [-0.25, -0.2) is 9.59 Å². The SMILES string of the molecule is CCC1(COCCCCOc2ccc(C(=O)Oc3ccc(OC(=O)c4ccc(OCCCCOCC5(CC)COC5)cc4)c(C)c3)cc2)COC1. The topological polar surface area (TPSA) is 108 Å². The van der Waals surface area contributed by atoms with Gasteiger partial charge in [-0.15, -0.1) is 0 Å². The summed E-state index contributed by atoms with van der Waals surface area (Å²) in [5.41, 5.74) is 1.87. The van der Waals surface area contributed by atoms with Crippen LogP contribution in [0.25, 0.3) is 0 Å². The minimum absolute atomic E-state index is 0.211. The molecule has 2 aliphatic rings. The van der Waals surface area contributed by atoms with Crippen molar-refractivity contribution < 1.29 is 47.5 Å². The zero-order valence-electron chi connectivity index (χ0n) is 30.2. The molecular weight excluding hydrogens is 652 g/mol. The molecule has 51 heavy (non-hydrogen) atoms. The number of esters is 2. The Morgan fingerprint density at radius 3 is 1.43 bits per heavy atom. The van der Waals surface area contributed by atoms with Crippen LogP contribution in [0.5, 0.6) is 23.0 Å². The molecule has 276 valence electrons. The molecule has 0 bridgehead atoms. The van der Waals surface area contributed by atoms with Crippen LogP contribution in [0.2, 0.25) is 0 Å². The first kappa shape index (κ1) is 38.3. The standard InChI is InChI=1S/C41H52O10/c1-4-40(27-46-28-40)25-44-20-6-8-22-48-34-14-10-32(11-15-34)38(42)50-36-18-19-37(31(3)24-36)51-39(43)33-12-16-35(17-13-33)49-23-9-7-21-45-26-41(5-2)29-47-30-41/h10-19,24H,4-9,20-23,25-30H2,1-3H3. The van der Waals surface area contributed by atoms with Gasteiger partial charge in [0.25, 0.3) is 0 Å². The quantitative estimate of drug-likeness (QED) is 0.0588. The van der Waals surface area contributed by atoms with Crippen LogP contribution in [0.3, 0.4) is 0 Å². The molecule has 3 aromatic rings. The third-order valence-electron chi connectivity index (χ3n) is 9.59. The van der Waals surface area contributed by atoms with Crippen molar-refractivity contribution in [3.8, 4) is 23.0 Å². The largest absolute Gasteiger partial charge is 0.494 e. The lowest BCUT2D eigenvalue weighted by Crippen LogP contribution is -2.45. The predicted molar refractivity (Wildman–Crippen MR) is 192 cm³/mol. The maximum atomic E-state index is 12.8. The normalized spacial score (nSPS) is 15.7. The summed E-state index contributed by atoms with van der Waals surface area (Å²) in [6.07, 6.45) is 5.73. The predicted octanol–water partition coefficient (Wildman–Crippen LogP) is 7.64. The maximum absolute atomic E-state index is 12.8. The Labute approximate surface area is 301 Å². The molecule has 10 heteroatoms. The molecule has 2 saturated heterocycles. The zero-order valence-corrected chi connectivity index (χ0v) is 30.2. The van der Waals surface area contributed by atoms with E-state index in [9.17, 15) is 9.59 Å². The molecule has 0 saturated carbocycles. The fraction of sp³-hybridized carbons (Fsp3) is 0.512. The number of aryl methyl sites for hydroxylation is 1. The van der Waals surface area contributed by atoms with Crippen LogP contribution in [-0.4, -0.2) is 78.0 Å². The lowest BCUT2D eigenvalue weighted by molar-refractivity contribution is -0.150. The Kier molecular flexibility index (Phi) is 14.3. The molecular formula is C41H52O10. The molecule has 0 unspecified atom stereocenters. The Morgan fingerprint density at radius 2 is 1.02 bits per heavy atom. The molecule has 3 aromatic carbocycles. The van der Waals surface area contributed by atoms with Gasteiger partial charge in [0.2, 0.25) is 0 Å². The Balaban J connectivity index is 0.965. The van der Waals surface area contributed by atoms with Crippen molar-refractivity contribution >= 4 is 11.9 Å². The molecule has 0 atom stereocenters. The first-order valence-corrected chi connectivity index (χ1v) is 18.1. The van der Waals surface area contributed by atoms with Crippen LogP contribution in [0.15, 0.2) is 66.7 Å². The van der Waals surface area contributed by atoms with Crippen LogP contribution >= 0.6 is 0 Å². The number of rotatable bonds is 22. The monoisotopic (exact) mass is 704 g/mol. The third-order valence-corrected chi connectivity index (χ3v) is 9.59. The summed E-state index contributed by atoms with van der Waals surface area (Å²) in [6.45, 7) is 13.4. The maximum Gasteiger partial charge on any atom is 0.343 e. The van der Waals surface area contributed by atoms with Crippen molar-refractivity contribution in [1.82, 2.24) is 0 Å². The van der Waals surface area contributed by atoms with Crippen LogP contribution in [-0.2, 0) is 18.9 Å². The molecule has 0 amide bonds. The van der Waals surface area contributed by atoms with Gasteiger partial charge < -0.3 is 37.9 Å². The number of benzene rings is 3. The average Bonchev–Trinajstić information content (AvgIpc) is 3.11. The van der Waals surface area contributed by atoms with Gasteiger partial charge in [0.15, 0.2) is 0 Å². The number of unbranched alkanes of at least 4 members (excludes halogenated alkanes) is 2. The summed E-state index contributed by atoms with van der Waals surface area (Å²) >= 11 is 0. The minimum Gasteiger partial charge on any atom is -0.494 e. The van der Waals surface area contributed by atoms with Gasteiger partial charge in [-0.1, -0.05) is 13.8 Å². The third kappa shape index (κ3) is 11.3. The highest BCUT2D eigenvalue weighted by Crippen LogP contribution is 2.32. The summed E-state index contributed by atoms with van der Waals surface area (Å²) in [5.74, 6) is 1.11.